The first-order valence-electron chi connectivity index (χ1n) is 38.3. The van der Waals surface area contributed by atoms with Gasteiger partial charge in [-0.15, -0.1) is 0 Å². The molecule has 0 radical (unpaired) electrons. The standard InChI is InChI=1S/C78H101N11O33/c1-40-28-51-70(102)89(77(109)116-39-42-14-16-52(46(30-42)65(97)80-18-22-110-8)118-73-61(95)57(91)59(93)63(120-73)71(103)104)48-34-55(54(111-9)33-45(48)69(101)88(51)35-40)114-21-10-12-56(90)82-43-31-50(87(7)36-43)68(100)83-44-32-49(86(6)37-44)67(99)79-17-11-20-85(5)76(108)115-38-41-13-15-53(119-74-62(96)58(92)60(94)64(121-74)72(105)106)47(29-41)66(98)81-19-23-112-24-25-113-26-27-117-84-75(107)122-78(2,3)4/h13-16,29-34,36-37,51,57-64,70,73-74,91-96,102H,1,10-12,17-28,35,38-39H2,2-9H3,(H,79,99)(H,80,97)(H,81,98)(H,82,90)(H,83,100)(H,84,107)(H,103,104)(H,105,106)/t51-,57-,58-,59-,60-,61+,62+,63-,64-,70?,73+,74+/m0/s1. The number of hydroxylamine groups is 1. The zero-order valence-corrected chi connectivity index (χ0v) is 67.9. The van der Waals surface area contributed by atoms with E-state index in [4.69, 9.17) is 61.7 Å². The second-order valence-electron chi connectivity index (χ2n) is 29.4. The average Bonchev–Trinajstić information content (AvgIpc) is 1.61. The van der Waals surface area contributed by atoms with Gasteiger partial charge in [0.2, 0.25) is 18.5 Å². The molecule has 0 bridgehead atoms. The number of carboxylic acid groups (broad SMARTS) is 2. The summed E-state index contributed by atoms with van der Waals surface area (Å²) in [6.45, 7) is 8.58. The van der Waals surface area contributed by atoms with Crippen LogP contribution in [0.1, 0.15) is 110 Å². The van der Waals surface area contributed by atoms with E-state index in [0.29, 0.717) is 5.57 Å². The predicted octanol–water partition coefficient (Wildman–Crippen LogP) is 0.194. The van der Waals surface area contributed by atoms with Crippen molar-refractivity contribution in [3.63, 3.8) is 0 Å². The molecule has 122 heavy (non-hydrogen) atoms. The van der Waals surface area contributed by atoms with E-state index in [1.807, 2.05) is 0 Å². The van der Waals surface area contributed by atoms with Crippen LogP contribution in [0.15, 0.2) is 85.2 Å². The van der Waals surface area contributed by atoms with E-state index in [2.05, 4.69) is 38.6 Å². The second kappa shape index (κ2) is 43.1. The van der Waals surface area contributed by atoms with Crippen LogP contribution in [0.3, 0.4) is 0 Å². The lowest BCUT2D eigenvalue weighted by molar-refractivity contribution is -0.271. The van der Waals surface area contributed by atoms with Crippen molar-refractivity contribution < 1.29 is 160 Å². The Balaban J connectivity index is 0.736. The molecule has 6 heterocycles. The van der Waals surface area contributed by atoms with Crippen molar-refractivity contribution in [1.82, 2.24) is 40.4 Å². The predicted molar refractivity (Wildman–Crippen MR) is 418 cm³/mol. The maximum absolute atomic E-state index is 14.5. The van der Waals surface area contributed by atoms with Crippen LogP contribution in [0.25, 0.3) is 0 Å². The van der Waals surface area contributed by atoms with Gasteiger partial charge >= 0.3 is 30.2 Å². The van der Waals surface area contributed by atoms with Crippen LogP contribution in [0, 0.1) is 0 Å². The van der Waals surface area contributed by atoms with Gasteiger partial charge in [0, 0.05) is 85.9 Å². The van der Waals surface area contributed by atoms with Crippen molar-refractivity contribution in [3.05, 3.63) is 124 Å². The number of hydrogen-bond acceptors (Lipinski definition) is 31. The third kappa shape index (κ3) is 24.7. The fraction of sp³-hybridized carbons (Fsp3) is 0.500. The number of aromatic nitrogens is 2. The first-order valence-corrected chi connectivity index (χ1v) is 38.3. The third-order valence-electron chi connectivity index (χ3n) is 19.0. The number of carbonyl (C=O) groups excluding carboxylic acids is 9. The van der Waals surface area contributed by atoms with E-state index in [-0.39, 0.29) is 191 Å². The highest BCUT2D eigenvalue weighted by atomic mass is 16.7. The molecule has 0 spiro atoms. The van der Waals surface area contributed by atoms with Gasteiger partial charge in [-0.05, 0) is 93.6 Å². The number of aliphatic hydroxyl groups excluding tert-OH is 7. The molecule has 3 aromatic carbocycles. The summed E-state index contributed by atoms with van der Waals surface area (Å²) in [6.07, 6.45) is -21.0. The molecule has 9 rings (SSSR count). The molecule has 3 fully saturated rings. The molecule has 44 heteroatoms. The number of rotatable bonds is 39. The second-order valence-corrected chi connectivity index (χ2v) is 29.4. The maximum atomic E-state index is 14.5. The number of ether oxygens (including phenoxy) is 12. The Labute approximate surface area is 697 Å². The van der Waals surface area contributed by atoms with Gasteiger partial charge in [0.1, 0.15) is 78.3 Å². The number of hydrogen-bond donors (Lipinski definition) is 15. The number of aryl methyl sites for hydroxylation is 2. The number of fused-ring (bicyclic) bond motifs is 2. The van der Waals surface area contributed by atoms with Crippen molar-refractivity contribution >= 4 is 82.7 Å². The molecule has 9 amide bonds. The largest absolute Gasteiger partial charge is 0.493 e. The summed E-state index contributed by atoms with van der Waals surface area (Å²) in [7, 11) is 7.32. The monoisotopic (exact) mass is 1720 g/mol. The summed E-state index contributed by atoms with van der Waals surface area (Å²) in [6, 6.07) is 12.3. The number of carbonyl (C=O) groups is 11. The third-order valence-corrected chi connectivity index (χ3v) is 19.0. The van der Waals surface area contributed by atoms with Crippen molar-refractivity contribution in [2.24, 2.45) is 14.1 Å². The molecule has 4 aliphatic rings. The lowest BCUT2D eigenvalue weighted by atomic mass is 9.99. The number of nitrogens with zero attached hydrogens (tertiary/aromatic N) is 5. The first-order chi connectivity index (χ1) is 58.0. The van der Waals surface area contributed by atoms with Crippen LogP contribution in [-0.4, -0.2) is 310 Å². The average molecular weight is 1720 g/mol. The number of nitrogens with one attached hydrogen (secondary N) is 6. The van der Waals surface area contributed by atoms with Crippen LogP contribution in [0.5, 0.6) is 23.0 Å². The van der Waals surface area contributed by atoms with E-state index in [1.54, 1.807) is 34.9 Å². The number of methoxy groups -OCH3 is 2. The minimum atomic E-state index is -2.03. The number of carboxylic acids is 2. The van der Waals surface area contributed by atoms with E-state index < -0.39 is 152 Å². The van der Waals surface area contributed by atoms with Gasteiger partial charge in [0.05, 0.1) is 93.2 Å². The highest BCUT2D eigenvalue weighted by molar-refractivity contribution is 6.07. The number of benzene rings is 3. The van der Waals surface area contributed by atoms with E-state index in [9.17, 15) is 98.7 Å². The molecule has 44 nitrogen and oxygen atoms in total. The van der Waals surface area contributed by atoms with E-state index in [1.165, 1.54) is 113 Å². The fourth-order valence-corrected chi connectivity index (χ4v) is 12.9. The molecular weight excluding hydrogens is 1620 g/mol. The molecule has 0 saturated carbocycles. The Morgan fingerprint density at radius 1 is 0.598 bits per heavy atom. The molecule has 2 aromatic heterocycles. The molecule has 0 aliphatic carbocycles. The summed E-state index contributed by atoms with van der Waals surface area (Å²) < 4.78 is 69.0. The van der Waals surface area contributed by atoms with Crippen molar-refractivity contribution in [2.75, 3.05) is 116 Å². The molecule has 12 atom stereocenters. The molecule has 15 N–H and O–H groups in total. The zero-order valence-electron chi connectivity index (χ0n) is 67.9. The summed E-state index contributed by atoms with van der Waals surface area (Å²) >= 11 is 0. The summed E-state index contributed by atoms with van der Waals surface area (Å²) in [4.78, 5) is 154. The Morgan fingerprint density at radius 2 is 1.14 bits per heavy atom. The zero-order chi connectivity index (χ0) is 89.0. The maximum Gasteiger partial charge on any atom is 0.431 e. The topological polar surface area (TPSA) is 582 Å². The summed E-state index contributed by atoms with van der Waals surface area (Å²) in [5.74, 6) is -7.58. The van der Waals surface area contributed by atoms with Gasteiger partial charge in [-0.25, -0.2) is 28.9 Å². The SMILES string of the molecule is C=C1C[C@H]2C(O)N(C(=O)OCc3ccc(O[C@@H]4O[C@H](C(=O)O)[C@@H](O)[C@H](O)[C@H]4O)c(C(=O)NCCOC)c3)c3cc(OCCCC(=O)Nc4cc(C(=O)Nc5cc(C(=O)NCCCN(C)C(=O)OCc6ccc(O[C@@H]7O[C@H](C(=O)O)[C@@H](O)[C@H](O)[C@H]7O)c(C(=O)NCCOCCOCCONC(=O)OC(C)(C)C)c6)n(C)c5)n(C)c4)c(OC)cc3C(=O)N2C1. The summed E-state index contributed by atoms with van der Waals surface area (Å²) in [5, 5.41) is 107. The van der Waals surface area contributed by atoms with Crippen LogP contribution in [-0.2, 0) is 84.4 Å². The lowest BCUT2D eigenvalue weighted by Crippen LogP contribution is -2.61. The van der Waals surface area contributed by atoms with Crippen LogP contribution < -0.4 is 55.9 Å². The quantitative estimate of drug-likeness (QED) is 0.0108. The van der Waals surface area contributed by atoms with Crippen LogP contribution in [0.2, 0.25) is 0 Å². The fourth-order valence-electron chi connectivity index (χ4n) is 12.9. The first kappa shape index (κ1) is 94.1. The minimum absolute atomic E-state index is 0.000446. The van der Waals surface area contributed by atoms with Crippen molar-refractivity contribution in [3.8, 4) is 23.0 Å². The van der Waals surface area contributed by atoms with Gasteiger partial charge < -0.3 is 148 Å². The Kier molecular flexibility index (Phi) is 33.2. The Hall–Kier alpha value is -11.8. The molecule has 1 unspecified atom stereocenters. The Bertz CT molecular complexity index is 4590. The molecule has 5 aromatic rings. The molecule has 4 aliphatic heterocycles. The van der Waals surface area contributed by atoms with Gasteiger partial charge in [0.15, 0.2) is 29.9 Å². The number of anilines is 3. The van der Waals surface area contributed by atoms with E-state index in [0.717, 1.165) is 4.90 Å². The minimum Gasteiger partial charge on any atom is -0.493 e. The van der Waals surface area contributed by atoms with Gasteiger partial charge in [-0.1, -0.05) is 24.3 Å². The van der Waals surface area contributed by atoms with Crippen molar-refractivity contribution in [2.45, 2.75) is 139 Å². The Morgan fingerprint density at radius 3 is 1.70 bits per heavy atom. The molecule has 3 saturated heterocycles. The number of amides is 9. The van der Waals surface area contributed by atoms with Crippen LogP contribution in [0.4, 0.5) is 31.4 Å². The number of aliphatic hydroxyl groups is 7. The van der Waals surface area contributed by atoms with Crippen LogP contribution >= 0.6 is 0 Å². The van der Waals surface area contributed by atoms with E-state index >= 15 is 0 Å². The summed E-state index contributed by atoms with van der Waals surface area (Å²) in [5.41, 5.74) is 2.52. The number of aliphatic carboxylic acids is 2. The van der Waals surface area contributed by atoms with Gasteiger partial charge in [-0.2, -0.15) is 5.48 Å². The highest BCUT2D eigenvalue weighted by Gasteiger charge is 2.51. The van der Waals surface area contributed by atoms with Crippen molar-refractivity contribution in [1.29, 1.82) is 0 Å². The normalized spacial score (nSPS) is 21.2. The molecule has 666 valence electrons. The molecular formula is C78H101N11O33. The highest BCUT2D eigenvalue weighted by Crippen LogP contribution is 2.43. The smallest absolute Gasteiger partial charge is 0.431 e. The lowest BCUT2D eigenvalue weighted by Gasteiger charge is -2.38. The van der Waals surface area contributed by atoms with Gasteiger partial charge in [0.25, 0.3) is 29.5 Å². The van der Waals surface area contributed by atoms with Gasteiger partial charge in [-0.3, -0.25) is 33.6 Å².